The molecular weight excluding hydrogens is 721 g/mol. The third-order valence-corrected chi connectivity index (χ3v) is 13.8. The summed E-state index contributed by atoms with van der Waals surface area (Å²) in [6.07, 6.45) is 0. The molecule has 1 aliphatic carbocycles. The highest BCUT2D eigenvalue weighted by Gasteiger charge is 2.35. The molecule has 274 valence electrons. The summed E-state index contributed by atoms with van der Waals surface area (Å²) in [6.45, 7) is 4.73. The Morgan fingerprint density at radius 2 is 1.07 bits per heavy atom. The molecule has 2 heterocycles. The number of hydrogen-bond donors (Lipinski definition) is 0. The van der Waals surface area contributed by atoms with Crippen LogP contribution in [0.4, 0.5) is 17.1 Å². The number of benzene rings is 9. The van der Waals surface area contributed by atoms with Crippen molar-refractivity contribution in [3.05, 3.63) is 205 Å². The topological polar surface area (TPSA) is 8.17 Å². The van der Waals surface area contributed by atoms with Crippen LogP contribution in [-0.4, -0.2) is 4.57 Å². The molecule has 0 saturated heterocycles. The second-order valence-electron chi connectivity index (χ2n) is 16.1. The van der Waals surface area contributed by atoms with Crippen LogP contribution in [0.1, 0.15) is 25.0 Å². The second kappa shape index (κ2) is 12.5. The van der Waals surface area contributed by atoms with Gasteiger partial charge in [-0.05, 0) is 105 Å². The van der Waals surface area contributed by atoms with Crippen LogP contribution >= 0.6 is 11.3 Å². The van der Waals surface area contributed by atoms with Crippen LogP contribution in [0.15, 0.2) is 194 Å². The molecular formula is C55H38N2S. The standard InChI is InChI=1S/C55H38N2S/c1-55(2)49-19-8-5-16-43(49)44-30-27-40(33-50(44)55)56(41-28-31-47-48-29-24-36-12-3-4-15-42(36)54(48)58-53(47)34-41)38-25-22-35(23-26-38)37-13-11-14-39(32-37)57-51-20-9-6-17-45(51)46-18-7-10-21-52(46)57/h3-34H,1-2H3. The van der Waals surface area contributed by atoms with Crippen molar-refractivity contribution in [1.82, 2.24) is 4.57 Å². The van der Waals surface area contributed by atoms with Crippen molar-refractivity contribution in [3.63, 3.8) is 0 Å². The van der Waals surface area contributed by atoms with E-state index in [1.807, 2.05) is 11.3 Å². The Balaban J connectivity index is 0.992. The molecule has 9 aromatic carbocycles. The molecule has 1 aliphatic rings. The summed E-state index contributed by atoms with van der Waals surface area (Å²) in [4.78, 5) is 2.44. The van der Waals surface area contributed by atoms with E-state index in [2.05, 4.69) is 217 Å². The molecule has 0 N–H and O–H groups in total. The minimum Gasteiger partial charge on any atom is -0.310 e. The third kappa shape index (κ3) is 4.90. The van der Waals surface area contributed by atoms with Gasteiger partial charge in [0.2, 0.25) is 0 Å². The molecule has 0 amide bonds. The predicted molar refractivity (Wildman–Crippen MR) is 249 cm³/mol. The Kier molecular flexibility index (Phi) is 7.18. The van der Waals surface area contributed by atoms with Gasteiger partial charge in [-0.1, -0.05) is 147 Å². The van der Waals surface area contributed by atoms with E-state index in [1.165, 1.54) is 86.1 Å². The summed E-state index contributed by atoms with van der Waals surface area (Å²) in [6, 6.07) is 71.8. The summed E-state index contributed by atoms with van der Waals surface area (Å²) < 4.78 is 5.03. The molecule has 0 spiro atoms. The fourth-order valence-electron chi connectivity index (χ4n) is 9.74. The Morgan fingerprint density at radius 3 is 1.88 bits per heavy atom. The maximum absolute atomic E-state index is 2.44. The van der Waals surface area contributed by atoms with Gasteiger partial charge in [-0.2, -0.15) is 0 Å². The first kappa shape index (κ1) is 33.2. The van der Waals surface area contributed by atoms with Crippen molar-refractivity contribution in [2.75, 3.05) is 4.90 Å². The average molecular weight is 759 g/mol. The molecule has 0 radical (unpaired) electrons. The van der Waals surface area contributed by atoms with E-state index in [1.54, 1.807) is 0 Å². The van der Waals surface area contributed by atoms with Gasteiger partial charge in [0.05, 0.1) is 11.0 Å². The first-order valence-electron chi connectivity index (χ1n) is 20.1. The van der Waals surface area contributed by atoms with Crippen LogP contribution in [-0.2, 0) is 5.41 Å². The fraction of sp³-hybridized carbons (Fsp3) is 0.0545. The summed E-state index contributed by atoms with van der Waals surface area (Å²) in [7, 11) is 0. The predicted octanol–water partition coefficient (Wildman–Crippen LogP) is 15.7. The lowest BCUT2D eigenvalue weighted by atomic mass is 9.82. The first-order chi connectivity index (χ1) is 28.5. The zero-order valence-electron chi connectivity index (χ0n) is 32.3. The number of rotatable bonds is 5. The van der Waals surface area contributed by atoms with Gasteiger partial charge in [-0.25, -0.2) is 0 Å². The quantitative estimate of drug-likeness (QED) is 0.170. The van der Waals surface area contributed by atoms with Crippen molar-refractivity contribution in [2.24, 2.45) is 0 Å². The molecule has 58 heavy (non-hydrogen) atoms. The van der Waals surface area contributed by atoms with Gasteiger partial charge in [0.1, 0.15) is 0 Å². The van der Waals surface area contributed by atoms with Crippen molar-refractivity contribution in [2.45, 2.75) is 19.3 Å². The molecule has 0 saturated carbocycles. The largest absolute Gasteiger partial charge is 0.310 e. The van der Waals surface area contributed by atoms with E-state index in [4.69, 9.17) is 0 Å². The Morgan fingerprint density at radius 1 is 0.431 bits per heavy atom. The van der Waals surface area contributed by atoms with Crippen LogP contribution in [0, 0.1) is 0 Å². The number of hydrogen-bond acceptors (Lipinski definition) is 2. The second-order valence-corrected chi connectivity index (χ2v) is 17.2. The number of thiophene rings is 1. The molecule has 0 aliphatic heterocycles. The summed E-state index contributed by atoms with van der Waals surface area (Å²) in [5.41, 5.74) is 14.7. The zero-order valence-corrected chi connectivity index (χ0v) is 33.1. The van der Waals surface area contributed by atoms with Crippen molar-refractivity contribution >= 4 is 81.1 Å². The van der Waals surface area contributed by atoms with Crippen molar-refractivity contribution in [1.29, 1.82) is 0 Å². The average Bonchev–Trinajstić information content (AvgIpc) is 3.89. The zero-order chi connectivity index (χ0) is 38.5. The van der Waals surface area contributed by atoms with Crippen LogP contribution in [0.3, 0.4) is 0 Å². The molecule has 2 aromatic heterocycles. The number of para-hydroxylation sites is 2. The van der Waals surface area contributed by atoms with Gasteiger partial charge in [0, 0.05) is 59.1 Å². The van der Waals surface area contributed by atoms with E-state index in [0.717, 1.165) is 22.7 Å². The normalized spacial score (nSPS) is 13.1. The van der Waals surface area contributed by atoms with E-state index in [0.29, 0.717) is 0 Å². The Labute approximate surface area is 341 Å². The molecule has 3 heteroatoms. The number of anilines is 3. The van der Waals surface area contributed by atoms with Gasteiger partial charge in [0.25, 0.3) is 0 Å². The highest BCUT2D eigenvalue weighted by atomic mass is 32.1. The van der Waals surface area contributed by atoms with E-state index < -0.39 is 0 Å². The molecule has 0 atom stereocenters. The van der Waals surface area contributed by atoms with E-state index >= 15 is 0 Å². The minimum atomic E-state index is -0.102. The molecule has 11 aromatic rings. The van der Waals surface area contributed by atoms with Crippen LogP contribution in [0.5, 0.6) is 0 Å². The van der Waals surface area contributed by atoms with Crippen molar-refractivity contribution < 1.29 is 0 Å². The monoisotopic (exact) mass is 758 g/mol. The van der Waals surface area contributed by atoms with Gasteiger partial charge >= 0.3 is 0 Å². The van der Waals surface area contributed by atoms with E-state index in [9.17, 15) is 0 Å². The molecule has 2 nitrogen and oxygen atoms in total. The van der Waals surface area contributed by atoms with Crippen molar-refractivity contribution in [3.8, 4) is 27.9 Å². The minimum absolute atomic E-state index is 0.102. The summed E-state index contributed by atoms with van der Waals surface area (Å²) >= 11 is 1.90. The SMILES string of the molecule is CC1(C)c2ccccc2-c2ccc(N(c3ccc(-c4cccc(-n5c6ccccc6c6ccccc65)c4)cc3)c3ccc4c(c3)sc3c5ccccc5ccc43)cc21. The van der Waals surface area contributed by atoms with Crippen LogP contribution in [0.25, 0.3) is 80.7 Å². The molecule has 12 rings (SSSR count). The molecule has 0 bridgehead atoms. The number of fused-ring (bicyclic) bond motifs is 11. The highest BCUT2D eigenvalue weighted by molar-refractivity contribution is 7.26. The third-order valence-electron chi connectivity index (χ3n) is 12.6. The van der Waals surface area contributed by atoms with Crippen LogP contribution in [0.2, 0.25) is 0 Å². The maximum atomic E-state index is 2.44. The van der Waals surface area contributed by atoms with Gasteiger partial charge < -0.3 is 9.47 Å². The fourth-order valence-corrected chi connectivity index (χ4v) is 11.0. The Bertz CT molecular complexity index is 3380. The van der Waals surface area contributed by atoms with Gasteiger partial charge in [-0.15, -0.1) is 11.3 Å². The first-order valence-corrected chi connectivity index (χ1v) is 20.9. The lowest BCUT2D eigenvalue weighted by Crippen LogP contribution is -2.16. The smallest absolute Gasteiger partial charge is 0.0541 e. The maximum Gasteiger partial charge on any atom is 0.0541 e. The lowest BCUT2D eigenvalue weighted by molar-refractivity contribution is 0.660. The highest BCUT2D eigenvalue weighted by Crippen LogP contribution is 2.51. The summed E-state index contributed by atoms with van der Waals surface area (Å²) in [5, 5.41) is 7.77. The summed E-state index contributed by atoms with van der Waals surface area (Å²) in [5.74, 6) is 0. The molecule has 0 unspecified atom stereocenters. The van der Waals surface area contributed by atoms with E-state index in [-0.39, 0.29) is 5.41 Å². The van der Waals surface area contributed by atoms with Crippen LogP contribution < -0.4 is 4.90 Å². The number of aromatic nitrogens is 1. The number of nitrogens with zero attached hydrogens (tertiary/aromatic N) is 2. The lowest BCUT2D eigenvalue weighted by Gasteiger charge is -2.28. The van der Waals surface area contributed by atoms with Gasteiger partial charge in [0.15, 0.2) is 0 Å². The molecule has 0 fully saturated rings. The Hall–Kier alpha value is -6.94. The van der Waals surface area contributed by atoms with Gasteiger partial charge in [-0.3, -0.25) is 0 Å².